The number of aryl methyl sites for hydroxylation is 1. The molecule has 4 nitrogen and oxygen atoms in total. The summed E-state index contributed by atoms with van der Waals surface area (Å²) in [5.41, 5.74) is 9.49. The largest absolute Gasteiger partial charge is 0.465 e. The predicted molar refractivity (Wildman–Crippen MR) is 76.7 cm³/mol. The Balaban J connectivity index is 2.33. The van der Waals surface area contributed by atoms with Gasteiger partial charge < -0.3 is 15.8 Å². The molecule has 0 bridgehead atoms. The quantitative estimate of drug-likeness (QED) is 0.654. The van der Waals surface area contributed by atoms with Crippen molar-refractivity contribution in [3.63, 3.8) is 0 Å². The van der Waals surface area contributed by atoms with Crippen molar-refractivity contribution in [1.82, 2.24) is 0 Å². The third kappa shape index (κ3) is 2.85. The summed E-state index contributed by atoms with van der Waals surface area (Å²) in [6, 6.07) is 13.1. The summed E-state index contributed by atoms with van der Waals surface area (Å²) < 4.78 is 4.69. The van der Waals surface area contributed by atoms with Gasteiger partial charge in [0.1, 0.15) is 0 Å². The fourth-order valence-electron chi connectivity index (χ4n) is 1.84. The number of hydrogen-bond donors (Lipinski definition) is 2. The Bertz CT molecular complexity index is 609. The standard InChI is InChI=1S/C15H16N2O2/c1-10-5-3-6-11(9-10)17-13-8-4-7-12(14(13)16)15(18)19-2/h3-9,17H,16H2,1-2H3. The number of methoxy groups -OCH3 is 1. The van der Waals surface area contributed by atoms with Crippen molar-refractivity contribution in [3.05, 3.63) is 53.6 Å². The molecule has 0 aliphatic heterocycles. The van der Waals surface area contributed by atoms with Gasteiger partial charge in [-0.1, -0.05) is 18.2 Å². The lowest BCUT2D eigenvalue weighted by atomic mass is 10.1. The first-order chi connectivity index (χ1) is 9.11. The van der Waals surface area contributed by atoms with E-state index in [1.807, 2.05) is 37.3 Å². The van der Waals surface area contributed by atoms with Crippen molar-refractivity contribution in [3.8, 4) is 0 Å². The Hall–Kier alpha value is -2.49. The summed E-state index contributed by atoms with van der Waals surface area (Å²) in [6.07, 6.45) is 0. The fraction of sp³-hybridized carbons (Fsp3) is 0.133. The van der Waals surface area contributed by atoms with Crippen molar-refractivity contribution in [2.24, 2.45) is 0 Å². The normalized spacial score (nSPS) is 10.0. The Morgan fingerprint density at radius 1 is 1.21 bits per heavy atom. The van der Waals surface area contributed by atoms with Crippen LogP contribution in [0.3, 0.4) is 0 Å². The number of nitrogen functional groups attached to an aromatic ring is 1. The van der Waals surface area contributed by atoms with Crippen LogP contribution in [0.5, 0.6) is 0 Å². The molecular weight excluding hydrogens is 240 g/mol. The maximum atomic E-state index is 11.6. The number of carbonyl (C=O) groups is 1. The Labute approximate surface area is 112 Å². The fourth-order valence-corrected chi connectivity index (χ4v) is 1.84. The maximum absolute atomic E-state index is 11.6. The lowest BCUT2D eigenvalue weighted by Gasteiger charge is -2.12. The molecule has 2 aromatic rings. The van der Waals surface area contributed by atoms with Gasteiger partial charge in [-0.2, -0.15) is 0 Å². The van der Waals surface area contributed by atoms with Crippen LogP contribution in [0.15, 0.2) is 42.5 Å². The van der Waals surface area contributed by atoms with Gasteiger partial charge in [-0.05, 0) is 36.8 Å². The highest BCUT2D eigenvalue weighted by Gasteiger charge is 2.12. The third-order valence-corrected chi connectivity index (χ3v) is 2.81. The minimum absolute atomic E-state index is 0.361. The van der Waals surface area contributed by atoms with Crippen molar-refractivity contribution in [2.75, 3.05) is 18.2 Å². The highest BCUT2D eigenvalue weighted by molar-refractivity contribution is 5.98. The van der Waals surface area contributed by atoms with Crippen LogP contribution in [0.1, 0.15) is 15.9 Å². The zero-order valence-electron chi connectivity index (χ0n) is 10.9. The number of anilines is 3. The molecule has 0 aliphatic rings. The minimum Gasteiger partial charge on any atom is -0.465 e. The van der Waals surface area contributed by atoms with Crippen LogP contribution >= 0.6 is 0 Å². The molecular formula is C15H16N2O2. The van der Waals surface area contributed by atoms with Crippen molar-refractivity contribution in [1.29, 1.82) is 0 Å². The summed E-state index contributed by atoms with van der Waals surface area (Å²) in [6.45, 7) is 2.01. The zero-order chi connectivity index (χ0) is 13.8. The van der Waals surface area contributed by atoms with Crippen LogP contribution < -0.4 is 11.1 Å². The minimum atomic E-state index is -0.439. The summed E-state index contributed by atoms with van der Waals surface area (Å²) >= 11 is 0. The second-order valence-corrected chi connectivity index (χ2v) is 4.25. The van der Waals surface area contributed by atoms with Gasteiger partial charge in [0.05, 0.1) is 24.0 Å². The molecule has 2 aromatic carbocycles. The van der Waals surface area contributed by atoms with Gasteiger partial charge in [0.15, 0.2) is 0 Å². The molecule has 0 atom stereocenters. The number of nitrogens with two attached hydrogens (primary N) is 1. The smallest absolute Gasteiger partial charge is 0.340 e. The average Bonchev–Trinajstić information content (AvgIpc) is 2.40. The van der Waals surface area contributed by atoms with Crippen molar-refractivity contribution >= 4 is 23.0 Å². The molecule has 4 heteroatoms. The first-order valence-electron chi connectivity index (χ1n) is 5.92. The Morgan fingerprint density at radius 2 is 1.95 bits per heavy atom. The molecule has 0 aromatic heterocycles. The summed E-state index contributed by atoms with van der Waals surface area (Å²) in [4.78, 5) is 11.6. The second-order valence-electron chi connectivity index (χ2n) is 4.25. The number of benzene rings is 2. The van der Waals surface area contributed by atoms with Crippen LogP contribution in [0.4, 0.5) is 17.1 Å². The van der Waals surface area contributed by atoms with E-state index in [0.717, 1.165) is 11.3 Å². The topological polar surface area (TPSA) is 64.3 Å². The Kier molecular flexibility index (Phi) is 3.71. The number of rotatable bonds is 3. The van der Waals surface area contributed by atoms with Gasteiger partial charge in [-0.15, -0.1) is 0 Å². The highest BCUT2D eigenvalue weighted by Crippen LogP contribution is 2.27. The van der Waals surface area contributed by atoms with Crippen LogP contribution in [0.2, 0.25) is 0 Å². The molecule has 98 valence electrons. The number of para-hydroxylation sites is 1. The van der Waals surface area contributed by atoms with Crippen LogP contribution in [0, 0.1) is 6.92 Å². The second kappa shape index (κ2) is 5.44. The number of hydrogen-bond acceptors (Lipinski definition) is 4. The molecule has 0 fully saturated rings. The number of esters is 1. The summed E-state index contributed by atoms with van der Waals surface area (Å²) in [7, 11) is 1.34. The number of ether oxygens (including phenoxy) is 1. The molecule has 0 unspecified atom stereocenters. The highest BCUT2D eigenvalue weighted by atomic mass is 16.5. The summed E-state index contributed by atoms with van der Waals surface area (Å²) in [5.74, 6) is -0.439. The van der Waals surface area contributed by atoms with E-state index in [4.69, 9.17) is 10.5 Å². The third-order valence-electron chi connectivity index (χ3n) is 2.81. The van der Waals surface area contributed by atoms with E-state index >= 15 is 0 Å². The van der Waals surface area contributed by atoms with Gasteiger partial charge in [-0.25, -0.2) is 4.79 Å². The molecule has 0 saturated carbocycles. The Morgan fingerprint density at radius 3 is 2.63 bits per heavy atom. The van der Waals surface area contributed by atoms with E-state index in [-0.39, 0.29) is 0 Å². The lowest BCUT2D eigenvalue weighted by Crippen LogP contribution is -2.07. The van der Waals surface area contributed by atoms with Gasteiger partial charge in [-0.3, -0.25) is 0 Å². The number of nitrogens with one attached hydrogen (secondary N) is 1. The van der Waals surface area contributed by atoms with Gasteiger partial charge >= 0.3 is 5.97 Å². The van der Waals surface area contributed by atoms with Crippen molar-refractivity contribution in [2.45, 2.75) is 6.92 Å². The first kappa shape index (κ1) is 13.0. The van der Waals surface area contributed by atoms with Gasteiger partial charge in [0.2, 0.25) is 0 Å². The van der Waals surface area contributed by atoms with Gasteiger partial charge in [0.25, 0.3) is 0 Å². The monoisotopic (exact) mass is 256 g/mol. The van der Waals surface area contributed by atoms with Gasteiger partial charge in [0, 0.05) is 5.69 Å². The first-order valence-corrected chi connectivity index (χ1v) is 5.92. The average molecular weight is 256 g/mol. The van der Waals surface area contributed by atoms with E-state index in [1.165, 1.54) is 7.11 Å². The lowest BCUT2D eigenvalue weighted by molar-refractivity contribution is 0.0602. The molecule has 19 heavy (non-hydrogen) atoms. The maximum Gasteiger partial charge on any atom is 0.340 e. The molecule has 3 N–H and O–H groups in total. The van der Waals surface area contributed by atoms with Crippen LogP contribution in [-0.2, 0) is 4.74 Å². The van der Waals surface area contributed by atoms with Crippen LogP contribution in [-0.4, -0.2) is 13.1 Å². The molecule has 0 aliphatic carbocycles. The molecule has 2 rings (SSSR count). The molecule has 0 radical (unpaired) electrons. The zero-order valence-corrected chi connectivity index (χ0v) is 10.9. The van der Waals surface area contributed by atoms with E-state index in [0.29, 0.717) is 16.9 Å². The van der Waals surface area contributed by atoms with E-state index in [9.17, 15) is 4.79 Å². The number of carbonyl (C=O) groups excluding carboxylic acids is 1. The van der Waals surface area contributed by atoms with E-state index in [2.05, 4.69) is 5.32 Å². The summed E-state index contributed by atoms with van der Waals surface area (Å²) in [5, 5.41) is 3.20. The van der Waals surface area contributed by atoms with E-state index < -0.39 is 5.97 Å². The molecule has 0 heterocycles. The van der Waals surface area contributed by atoms with Crippen molar-refractivity contribution < 1.29 is 9.53 Å². The molecule has 0 saturated heterocycles. The van der Waals surface area contributed by atoms with E-state index in [1.54, 1.807) is 12.1 Å². The molecule has 0 amide bonds. The van der Waals surface area contributed by atoms with Crippen LogP contribution in [0.25, 0.3) is 0 Å². The SMILES string of the molecule is COC(=O)c1cccc(Nc2cccc(C)c2)c1N. The predicted octanol–water partition coefficient (Wildman–Crippen LogP) is 3.11. The molecule has 0 spiro atoms.